The Balaban J connectivity index is 1.61. The topological polar surface area (TPSA) is 77.6 Å². The quantitative estimate of drug-likeness (QED) is 0.634. The molecule has 142 valence electrons. The summed E-state index contributed by atoms with van der Waals surface area (Å²) in [6, 6.07) is 10.3. The number of amides is 1. The van der Waals surface area contributed by atoms with Gasteiger partial charge >= 0.3 is 0 Å². The van der Waals surface area contributed by atoms with Gasteiger partial charge in [0.1, 0.15) is 6.33 Å². The van der Waals surface area contributed by atoms with Gasteiger partial charge in [-0.2, -0.15) is 5.10 Å². The van der Waals surface area contributed by atoms with Crippen LogP contribution in [0.1, 0.15) is 36.8 Å². The summed E-state index contributed by atoms with van der Waals surface area (Å²) in [5.74, 6) is 0.264. The summed E-state index contributed by atoms with van der Waals surface area (Å²) in [6.45, 7) is 8.57. The maximum Gasteiger partial charge on any atom is 0.230 e. The summed E-state index contributed by atoms with van der Waals surface area (Å²) in [5.41, 5.74) is 4.01. The van der Waals surface area contributed by atoms with Crippen molar-refractivity contribution >= 4 is 17.7 Å². The van der Waals surface area contributed by atoms with Crippen LogP contribution < -0.4 is 5.32 Å². The lowest BCUT2D eigenvalue weighted by Gasteiger charge is -2.10. The van der Waals surface area contributed by atoms with Crippen LogP contribution in [0.25, 0.3) is 5.69 Å². The van der Waals surface area contributed by atoms with E-state index in [1.165, 1.54) is 11.8 Å². The molecule has 8 heteroatoms. The second kappa shape index (κ2) is 8.39. The molecule has 0 atom stereocenters. The molecule has 0 saturated heterocycles. The molecule has 1 aromatic carbocycles. The van der Waals surface area contributed by atoms with Crippen molar-refractivity contribution in [1.82, 2.24) is 29.9 Å². The van der Waals surface area contributed by atoms with Crippen LogP contribution in [-0.4, -0.2) is 36.2 Å². The van der Waals surface area contributed by atoms with E-state index in [4.69, 9.17) is 0 Å². The Labute approximate surface area is 163 Å². The Morgan fingerprint density at radius 1 is 1.22 bits per heavy atom. The lowest BCUT2D eigenvalue weighted by atomic mass is 10.2. The molecular weight excluding hydrogens is 360 g/mol. The summed E-state index contributed by atoms with van der Waals surface area (Å²) in [7, 11) is 0. The highest BCUT2D eigenvalue weighted by molar-refractivity contribution is 7.99. The monoisotopic (exact) mass is 384 g/mol. The second-order valence-corrected chi connectivity index (χ2v) is 7.52. The Kier molecular flexibility index (Phi) is 5.95. The minimum atomic E-state index is -0.0374. The molecule has 3 rings (SSSR count). The summed E-state index contributed by atoms with van der Waals surface area (Å²) in [4.78, 5) is 12.3. The number of carbonyl (C=O) groups is 1. The Morgan fingerprint density at radius 3 is 2.67 bits per heavy atom. The van der Waals surface area contributed by atoms with Crippen molar-refractivity contribution in [3.8, 4) is 5.69 Å². The summed E-state index contributed by atoms with van der Waals surface area (Å²) in [5, 5.41) is 16.3. The maximum atomic E-state index is 12.3. The van der Waals surface area contributed by atoms with Crippen LogP contribution in [0.15, 0.2) is 41.8 Å². The number of carbonyl (C=O) groups excluding carboxylic acids is 1. The SMILES string of the molecule is Cc1nn(-c2ccccc2)c(C)c1CNC(=O)CSc1nncn1C(C)C. The summed E-state index contributed by atoms with van der Waals surface area (Å²) >= 11 is 1.39. The predicted octanol–water partition coefficient (Wildman–Crippen LogP) is 3.07. The van der Waals surface area contributed by atoms with Crippen molar-refractivity contribution in [3.05, 3.63) is 53.6 Å². The van der Waals surface area contributed by atoms with E-state index in [2.05, 4.69) is 34.5 Å². The molecule has 0 bridgehead atoms. The molecule has 0 saturated carbocycles. The number of nitrogens with one attached hydrogen (secondary N) is 1. The first-order chi connectivity index (χ1) is 13.0. The minimum absolute atomic E-state index is 0.0374. The zero-order chi connectivity index (χ0) is 19.4. The normalized spacial score (nSPS) is 11.1. The molecule has 0 aliphatic carbocycles. The largest absolute Gasteiger partial charge is 0.351 e. The van der Waals surface area contributed by atoms with Crippen molar-refractivity contribution in [2.45, 2.75) is 45.4 Å². The molecule has 2 heterocycles. The Bertz CT molecular complexity index is 916. The summed E-state index contributed by atoms with van der Waals surface area (Å²) < 4.78 is 3.87. The average molecular weight is 385 g/mol. The number of nitrogens with zero attached hydrogens (tertiary/aromatic N) is 5. The molecule has 27 heavy (non-hydrogen) atoms. The first-order valence-corrected chi connectivity index (χ1v) is 9.85. The van der Waals surface area contributed by atoms with Crippen molar-refractivity contribution < 1.29 is 4.79 Å². The lowest BCUT2D eigenvalue weighted by Crippen LogP contribution is -2.25. The first kappa shape index (κ1) is 19.2. The molecule has 0 aliphatic heterocycles. The third-order valence-electron chi connectivity index (χ3n) is 4.33. The highest BCUT2D eigenvalue weighted by Gasteiger charge is 2.15. The smallest absolute Gasteiger partial charge is 0.230 e. The van der Waals surface area contributed by atoms with Crippen LogP contribution in [0, 0.1) is 13.8 Å². The number of hydrogen-bond donors (Lipinski definition) is 1. The van der Waals surface area contributed by atoms with E-state index in [9.17, 15) is 4.79 Å². The number of benzene rings is 1. The van der Waals surface area contributed by atoms with E-state index in [0.717, 1.165) is 27.8 Å². The second-order valence-electron chi connectivity index (χ2n) is 6.58. The van der Waals surface area contributed by atoms with Crippen LogP contribution in [0.5, 0.6) is 0 Å². The van der Waals surface area contributed by atoms with E-state index < -0.39 is 0 Å². The Morgan fingerprint density at radius 2 is 1.96 bits per heavy atom. The molecule has 0 spiro atoms. The van der Waals surface area contributed by atoms with Gasteiger partial charge in [-0.05, 0) is 39.8 Å². The van der Waals surface area contributed by atoms with Gasteiger partial charge in [0.15, 0.2) is 5.16 Å². The average Bonchev–Trinajstić information content (AvgIpc) is 3.24. The zero-order valence-corrected chi connectivity index (χ0v) is 16.8. The number of para-hydroxylation sites is 1. The van der Waals surface area contributed by atoms with E-state index in [1.54, 1.807) is 6.33 Å². The number of hydrogen-bond acceptors (Lipinski definition) is 5. The fourth-order valence-electron chi connectivity index (χ4n) is 2.81. The van der Waals surface area contributed by atoms with Gasteiger partial charge in [-0.1, -0.05) is 30.0 Å². The number of thioether (sulfide) groups is 1. The van der Waals surface area contributed by atoms with Gasteiger partial charge < -0.3 is 9.88 Å². The highest BCUT2D eigenvalue weighted by Crippen LogP contribution is 2.19. The number of aryl methyl sites for hydroxylation is 1. The van der Waals surface area contributed by atoms with Crippen LogP contribution in [0.4, 0.5) is 0 Å². The van der Waals surface area contributed by atoms with Gasteiger partial charge in [0.05, 0.1) is 17.1 Å². The first-order valence-electron chi connectivity index (χ1n) is 8.87. The van der Waals surface area contributed by atoms with Crippen LogP contribution >= 0.6 is 11.8 Å². The molecule has 1 N–H and O–H groups in total. The highest BCUT2D eigenvalue weighted by atomic mass is 32.2. The Hall–Kier alpha value is -2.61. The molecule has 7 nitrogen and oxygen atoms in total. The molecule has 0 aliphatic rings. The molecule has 0 unspecified atom stereocenters. The molecular formula is C19H24N6OS. The van der Waals surface area contributed by atoms with Crippen molar-refractivity contribution in [2.75, 3.05) is 5.75 Å². The van der Waals surface area contributed by atoms with Gasteiger partial charge in [-0.15, -0.1) is 10.2 Å². The zero-order valence-electron chi connectivity index (χ0n) is 16.0. The van der Waals surface area contributed by atoms with E-state index in [1.807, 2.05) is 53.4 Å². The third kappa shape index (κ3) is 4.39. The lowest BCUT2D eigenvalue weighted by molar-refractivity contribution is -0.118. The van der Waals surface area contributed by atoms with E-state index >= 15 is 0 Å². The van der Waals surface area contributed by atoms with E-state index in [0.29, 0.717) is 12.3 Å². The van der Waals surface area contributed by atoms with Gasteiger partial charge in [0.2, 0.25) is 5.91 Å². The molecule has 0 radical (unpaired) electrons. The molecule has 1 amide bonds. The fraction of sp³-hybridized carbons (Fsp3) is 0.368. The summed E-state index contributed by atoms with van der Waals surface area (Å²) in [6.07, 6.45) is 1.69. The third-order valence-corrected chi connectivity index (χ3v) is 5.29. The maximum absolute atomic E-state index is 12.3. The van der Waals surface area contributed by atoms with Gasteiger partial charge in [-0.3, -0.25) is 4.79 Å². The van der Waals surface area contributed by atoms with Gasteiger partial charge in [0, 0.05) is 23.8 Å². The number of aromatic nitrogens is 5. The molecule has 3 aromatic rings. The number of rotatable bonds is 7. The van der Waals surface area contributed by atoms with Gasteiger partial charge in [0.25, 0.3) is 0 Å². The van der Waals surface area contributed by atoms with Crippen molar-refractivity contribution in [2.24, 2.45) is 0 Å². The fourth-order valence-corrected chi connectivity index (χ4v) is 3.68. The minimum Gasteiger partial charge on any atom is -0.351 e. The van der Waals surface area contributed by atoms with Crippen molar-refractivity contribution in [3.63, 3.8) is 0 Å². The predicted molar refractivity (Wildman–Crippen MR) is 106 cm³/mol. The van der Waals surface area contributed by atoms with Crippen LogP contribution in [-0.2, 0) is 11.3 Å². The van der Waals surface area contributed by atoms with Crippen LogP contribution in [0.2, 0.25) is 0 Å². The van der Waals surface area contributed by atoms with Crippen molar-refractivity contribution in [1.29, 1.82) is 0 Å². The molecule has 2 aromatic heterocycles. The molecule has 0 fully saturated rings. The van der Waals surface area contributed by atoms with Crippen LogP contribution in [0.3, 0.4) is 0 Å². The van der Waals surface area contributed by atoms with Gasteiger partial charge in [-0.25, -0.2) is 4.68 Å². The van der Waals surface area contributed by atoms with E-state index in [-0.39, 0.29) is 11.9 Å². The standard InChI is InChI=1S/C19H24N6OS/c1-13(2)24-12-21-22-19(24)27-11-18(26)20-10-17-14(3)23-25(15(17)4)16-8-6-5-7-9-16/h5-9,12-13H,10-11H2,1-4H3,(H,20,26).